The molecule has 0 aliphatic rings. The third-order valence-corrected chi connectivity index (χ3v) is 5.70. The first-order valence-corrected chi connectivity index (χ1v) is 11.9. The van der Waals surface area contributed by atoms with E-state index in [9.17, 15) is 9.59 Å². The molecule has 0 atom stereocenters. The smallest absolute Gasteiger partial charge is 0.302 e. The van der Waals surface area contributed by atoms with Gasteiger partial charge in [-0.05, 0) is 47.9 Å². The fourth-order valence-electron chi connectivity index (χ4n) is 3.72. The number of esters is 2. The van der Waals surface area contributed by atoms with Crippen LogP contribution in [0.1, 0.15) is 70.4 Å². The summed E-state index contributed by atoms with van der Waals surface area (Å²) in [4.78, 5) is 22.2. The van der Waals surface area contributed by atoms with Gasteiger partial charge in [-0.3, -0.25) is 9.59 Å². The molecule has 0 saturated carbocycles. The molecule has 0 aliphatic carbocycles. The van der Waals surface area contributed by atoms with Gasteiger partial charge in [-0.1, -0.05) is 81.1 Å². The first kappa shape index (κ1) is 25.6. The van der Waals surface area contributed by atoms with Crippen molar-refractivity contribution in [3.8, 4) is 11.1 Å². The molecule has 0 unspecified atom stereocenters. The van der Waals surface area contributed by atoms with Crippen LogP contribution < -0.4 is 0 Å². The van der Waals surface area contributed by atoms with E-state index in [2.05, 4.69) is 55.5 Å². The van der Waals surface area contributed by atoms with Gasteiger partial charge < -0.3 is 9.47 Å². The van der Waals surface area contributed by atoms with E-state index in [0.29, 0.717) is 0 Å². The second-order valence-corrected chi connectivity index (χ2v) is 8.57. The minimum Gasteiger partial charge on any atom is -0.465 e. The first-order valence-electron chi connectivity index (χ1n) is 11.9. The summed E-state index contributed by atoms with van der Waals surface area (Å²) in [7, 11) is 0. The van der Waals surface area contributed by atoms with Crippen molar-refractivity contribution >= 4 is 11.9 Å². The molecule has 0 aliphatic heterocycles. The van der Waals surface area contributed by atoms with Crippen molar-refractivity contribution in [1.29, 1.82) is 0 Å². The summed E-state index contributed by atoms with van der Waals surface area (Å²) in [5.74, 6) is -0.633. The van der Waals surface area contributed by atoms with Gasteiger partial charge in [0.25, 0.3) is 0 Å². The van der Waals surface area contributed by atoms with Gasteiger partial charge in [-0.15, -0.1) is 0 Å². The normalized spacial score (nSPS) is 10.9. The Bertz CT molecular complexity index is 790. The summed E-state index contributed by atoms with van der Waals surface area (Å²) >= 11 is 0. The first-order chi connectivity index (χ1) is 15.5. The molecular weight excluding hydrogens is 400 g/mol. The van der Waals surface area contributed by atoms with E-state index in [1.54, 1.807) is 0 Å². The zero-order valence-electron chi connectivity index (χ0n) is 19.9. The monoisotopic (exact) mass is 438 g/mol. The Kier molecular flexibility index (Phi) is 11.6. The molecule has 0 heterocycles. The summed E-state index contributed by atoms with van der Waals surface area (Å²) in [6.07, 6.45) is 9.34. The maximum atomic E-state index is 11.1. The van der Waals surface area contributed by atoms with Crippen LogP contribution in [0.3, 0.4) is 0 Å². The predicted octanol–water partition coefficient (Wildman–Crippen LogP) is 6.54. The molecule has 0 spiro atoms. The predicted molar refractivity (Wildman–Crippen MR) is 129 cm³/mol. The van der Waals surface area contributed by atoms with Crippen molar-refractivity contribution in [2.45, 2.75) is 72.1 Å². The van der Waals surface area contributed by atoms with Gasteiger partial charge in [-0.2, -0.15) is 0 Å². The molecule has 0 aromatic heterocycles. The number of carbonyl (C=O) groups is 2. The molecule has 4 heteroatoms. The van der Waals surface area contributed by atoms with Crippen LogP contribution in [0.2, 0.25) is 0 Å². The van der Waals surface area contributed by atoms with E-state index in [-0.39, 0.29) is 31.1 Å². The molecule has 0 amide bonds. The van der Waals surface area contributed by atoms with E-state index in [1.165, 1.54) is 68.2 Å². The molecule has 0 saturated heterocycles. The van der Waals surface area contributed by atoms with Gasteiger partial charge in [0.15, 0.2) is 0 Å². The lowest BCUT2D eigenvalue weighted by atomic mass is 9.97. The second kappa shape index (κ2) is 14.4. The Balaban J connectivity index is 1.85. The van der Waals surface area contributed by atoms with E-state index < -0.39 is 0 Å². The summed E-state index contributed by atoms with van der Waals surface area (Å²) in [5.41, 5.74) is 5.06. The maximum Gasteiger partial charge on any atom is 0.302 e. The molecule has 0 bridgehead atoms. The molecule has 2 aromatic rings. The highest BCUT2D eigenvalue weighted by atomic mass is 16.5. The Morgan fingerprint density at radius 1 is 0.688 bits per heavy atom. The molecule has 2 aromatic carbocycles. The number of hydrogen-bond donors (Lipinski definition) is 0. The minimum absolute atomic E-state index is 0.00278. The minimum atomic E-state index is -0.315. The molecule has 0 N–H and O–H groups in total. The number of unbranched alkanes of at least 4 members (excludes halogenated alkanes) is 4. The third-order valence-electron chi connectivity index (χ3n) is 5.70. The Morgan fingerprint density at radius 3 is 1.62 bits per heavy atom. The van der Waals surface area contributed by atoms with Gasteiger partial charge in [0.1, 0.15) is 0 Å². The van der Waals surface area contributed by atoms with Crippen LogP contribution in [0.15, 0.2) is 48.5 Å². The van der Waals surface area contributed by atoms with Crippen LogP contribution in [0, 0.1) is 5.92 Å². The Morgan fingerprint density at radius 2 is 1.16 bits per heavy atom. The standard InChI is InChI=1S/C28H38O4/c1-4-5-6-7-8-9-24-12-16-27(17-13-24)28-18-14-25(15-19-28)10-11-26(20-31-22(2)29)21-32-23(3)30/h12-19,26H,4-11,20-21H2,1-3H3. The topological polar surface area (TPSA) is 52.6 Å². The number of hydrogen-bond acceptors (Lipinski definition) is 4. The zero-order chi connectivity index (χ0) is 23.2. The van der Waals surface area contributed by atoms with Crippen molar-refractivity contribution in [3.05, 3.63) is 59.7 Å². The van der Waals surface area contributed by atoms with Gasteiger partial charge in [0.2, 0.25) is 0 Å². The summed E-state index contributed by atoms with van der Waals surface area (Å²) in [6, 6.07) is 17.5. The number of ether oxygens (including phenoxy) is 2. The molecule has 0 radical (unpaired) electrons. The fraction of sp³-hybridized carbons (Fsp3) is 0.500. The molecular formula is C28H38O4. The van der Waals surface area contributed by atoms with Gasteiger partial charge in [0, 0.05) is 19.8 Å². The number of aryl methyl sites for hydroxylation is 2. The molecule has 174 valence electrons. The molecule has 4 nitrogen and oxygen atoms in total. The van der Waals surface area contributed by atoms with Gasteiger partial charge in [-0.25, -0.2) is 0 Å². The number of rotatable bonds is 14. The van der Waals surface area contributed by atoms with Crippen molar-refractivity contribution in [2.24, 2.45) is 5.92 Å². The zero-order valence-corrected chi connectivity index (χ0v) is 19.9. The van der Waals surface area contributed by atoms with Crippen LogP contribution in [0.5, 0.6) is 0 Å². The average Bonchev–Trinajstić information content (AvgIpc) is 2.79. The lowest BCUT2D eigenvalue weighted by molar-refractivity contribution is -0.146. The highest BCUT2D eigenvalue weighted by Gasteiger charge is 2.13. The average molecular weight is 439 g/mol. The third kappa shape index (κ3) is 10.1. The van der Waals surface area contributed by atoms with Crippen LogP contribution in [0.4, 0.5) is 0 Å². The van der Waals surface area contributed by atoms with Crippen LogP contribution >= 0.6 is 0 Å². The summed E-state index contributed by atoms with van der Waals surface area (Å²) < 4.78 is 10.2. The summed E-state index contributed by atoms with van der Waals surface area (Å²) in [5, 5.41) is 0. The highest BCUT2D eigenvalue weighted by molar-refractivity contribution is 5.66. The van der Waals surface area contributed by atoms with Crippen molar-refractivity contribution < 1.29 is 19.1 Å². The van der Waals surface area contributed by atoms with Crippen LogP contribution in [-0.2, 0) is 31.9 Å². The lowest BCUT2D eigenvalue weighted by Gasteiger charge is -2.16. The molecule has 32 heavy (non-hydrogen) atoms. The Labute approximate surface area is 193 Å². The van der Waals surface area contributed by atoms with Crippen molar-refractivity contribution in [2.75, 3.05) is 13.2 Å². The SMILES string of the molecule is CCCCCCCc1ccc(-c2ccc(CCC(COC(C)=O)COC(C)=O)cc2)cc1. The van der Waals surface area contributed by atoms with Crippen LogP contribution in [0.25, 0.3) is 11.1 Å². The van der Waals surface area contributed by atoms with Crippen LogP contribution in [-0.4, -0.2) is 25.2 Å². The number of benzene rings is 2. The molecule has 2 rings (SSSR count). The van der Waals surface area contributed by atoms with Crippen molar-refractivity contribution in [1.82, 2.24) is 0 Å². The van der Waals surface area contributed by atoms with Gasteiger partial charge in [0.05, 0.1) is 13.2 Å². The lowest BCUT2D eigenvalue weighted by Crippen LogP contribution is -2.20. The van der Waals surface area contributed by atoms with E-state index in [1.807, 2.05) is 0 Å². The van der Waals surface area contributed by atoms with E-state index in [4.69, 9.17) is 9.47 Å². The Hall–Kier alpha value is -2.62. The number of carbonyl (C=O) groups excluding carboxylic acids is 2. The maximum absolute atomic E-state index is 11.1. The van der Waals surface area contributed by atoms with Gasteiger partial charge >= 0.3 is 11.9 Å². The van der Waals surface area contributed by atoms with E-state index >= 15 is 0 Å². The fourth-order valence-corrected chi connectivity index (χ4v) is 3.72. The van der Waals surface area contributed by atoms with Crippen molar-refractivity contribution in [3.63, 3.8) is 0 Å². The molecule has 0 fully saturated rings. The quantitative estimate of drug-likeness (QED) is 0.248. The summed E-state index contributed by atoms with van der Waals surface area (Å²) in [6.45, 7) is 5.57. The largest absolute Gasteiger partial charge is 0.465 e. The second-order valence-electron chi connectivity index (χ2n) is 8.57. The van der Waals surface area contributed by atoms with E-state index in [0.717, 1.165) is 19.3 Å². The highest BCUT2D eigenvalue weighted by Crippen LogP contribution is 2.22.